The summed E-state index contributed by atoms with van der Waals surface area (Å²) in [5, 5.41) is 15.9. The van der Waals surface area contributed by atoms with Gasteiger partial charge in [0.25, 0.3) is 5.56 Å². The number of hydrogen-bond donors (Lipinski definition) is 2. The second-order valence-corrected chi connectivity index (χ2v) is 6.13. The number of benzene rings is 1. The fraction of sp³-hybridized carbons (Fsp3) is 0.235. The summed E-state index contributed by atoms with van der Waals surface area (Å²) in [4.78, 5) is 19.7. The smallest absolute Gasteiger partial charge is 0.263 e. The Kier molecular flexibility index (Phi) is 3.96. The van der Waals surface area contributed by atoms with Gasteiger partial charge in [-0.3, -0.25) is 9.78 Å². The van der Waals surface area contributed by atoms with Crippen LogP contribution in [-0.4, -0.2) is 41.1 Å². The van der Waals surface area contributed by atoms with Crippen LogP contribution in [0.2, 0.25) is 0 Å². The van der Waals surface area contributed by atoms with Crippen LogP contribution in [0.4, 0.5) is 5.95 Å². The molecule has 3 aromatic heterocycles. The Balaban J connectivity index is 1.64. The third kappa shape index (κ3) is 2.83. The Morgan fingerprint density at radius 3 is 2.81 bits per heavy atom. The Labute approximate surface area is 148 Å². The van der Waals surface area contributed by atoms with Crippen molar-refractivity contribution in [1.82, 2.24) is 34.5 Å². The molecule has 1 aromatic carbocycles. The number of nitrogens with zero attached hydrogens (tertiary/aromatic N) is 6. The molecule has 0 aliphatic heterocycles. The largest absolute Gasteiger partial charge is 0.355 e. The number of fused-ring (bicyclic) bond motifs is 1. The minimum Gasteiger partial charge on any atom is -0.355 e. The van der Waals surface area contributed by atoms with Crippen LogP contribution >= 0.6 is 0 Å². The first-order chi connectivity index (χ1) is 12.6. The van der Waals surface area contributed by atoms with Crippen LogP contribution in [0.15, 0.2) is 47.7 Å². The fourth-order valence-corrected chi connectivity index (χ4v) is 2.84. The van der Waals surface area contributed by atoms with Crippen molar-refractivity contribution in [3.05, 3.63) is 59.0 Å². The van der Waals surface area contributed by atoms with E-state index in [4.69, 9.17) is 0 Å². The summed E-state index contributed by atoms with van der Waals surface area (Å²) in [5.41, 5.74) is 1.12. The molecule has 1 atom stereocenters. The molecule has 9 heteroatoms. The lowest BCUT2D eigenvalue weighted by molar-refractivity contribution is 0.679. The molecule has 0 unspecified atom stereocenters. The normalized spacial score (nSPS) is 12.4. The van der Waals surface area contributed by atoms with Gasteiger partial charge in [0.1, 0.15) is 17.5 Å². The molecular formula is C17H18N8O. The van der Waals surface area contributed by atoms with Gasteiger partial charge >= 0.3 is 0 Å². The van der Waals surface area contributed by atoms with E-state index in [1.807, 2.05) is 48.9 Å². The molecule has 26 heavy (non-hydrogen) atoms. The number of aromatic nitrogens is 7. The maximum atomic E-state index is 12.4. The predicted molar refractivity (Wildman–Crippen MR) is 97.4 cm³/mol. The van der Waals surface area contributed by atoms with Crippen molar-refractivity contribution < 1.29 is 0 Å². The predicted octanol–water partition coefficient (Wildman–Crippen LogP) is 1.45. The maximum absolute atomic E-state index is 12.4. The Hall–Kier alpha value is -3.49. The van der Waals surface area contributed by atoms with Crippen LogP contribution in [0.1, 0.15) is 18.7 Å². The molecule has 4 rings (SSSR count). The zero-order valence-electron chi connectivity index (χ0n) is 14.4. The Bertz CT molecular complexity index is 1090. The first kappa shape index (κ1) is 16.0. The Morgan fingerprint density at radius 1 is 1.27 bits per heavy atom. The maximum Gasteiger partial charge on any atom is 0.263 e. The molecule has 0 aliphatic rings. The molecule has 0 aliphatic carbocycles. The second kappa shape index (κ2) is 6.43. The zero-order chi connectivity index (χ0) is 18.1. The summed E-state index contributed by atoms with van der Waals surface area (Å²) in [6.45, 7) is 2.59. The van der Waals surface area contributed by atoms with Gasteiger partial charge in [0, 0.05) is 19.5 Å². The molecule has 2 N–H and O–H groups in total. The van der Waals surface area contributed by atoms with E-state index in [2.05, 4.69) is 30.6 Å². The number of para-hydroxylation sites is 1. The van der Waals surface area contributed by atoms with E-state index in [1.165, 1.54) is 6.20 Å². The molecule has 0 saturated heterocycles. The van der Waals surface area contributed by atoms with Gasteiger partial charge in [-0.1, -0.05) is 25.1 Å². The lowest BCUT2D eigenvalue weighted by Crippen LogP contribution is -2.18. The molecule has 3 heterocycles. The van der Waals surface area contributed by atoms with Gasteiger partial charge in [-0.2, -0.15) is 10.1 Å². The number of hydrogen-bond acceptors (Lipinski definition) is 6. The van der Waals surface area contributed by atoms with Gasteiger partial charge in [-0.25, -0.2) is 4.68 Å². The van der Waals surface area contributed by atoms with Crippen molar-refractivity contribution in [1.29, 1.82) is 0 Å². The number of aromatic amines is 1. The first-order valence-electron chi connectivity index (χ1n) is 8.24. The van der Waals surface area contributed by atoms with Crippen LogP contribution in [0.25, 0.3) is 16.7 Å². The first-order valence-corrected chi connectivity index (χ1v) is 8.24. The average molecular weight is 350 g/mol. The number of nitrogens with one attached hydrogen (secondary N) is 2. The molecule has 0 fully saturated rings. The van der Waals surface area contributed by atoms with Crippen molar-refractivity contribution in [3.63, 3.8) is 0 Å². The summed E-state index contributed by atoms with van der Waals surface area (Å²) in [7, 11) is 1.90. The lowest BCUT2D eigenvalue weighted by Gasteiger charge is -2.12. The van der Waals surface area contributed by atoms with Crippen LogP contribution in [0.5, 0.6) is 0 Å². The van der Waals surface area contributed by atoms with E-state index < -0.39 is 0 Å². The van der Waals surface area contributed by atoms with Crippen LogP contribution < -0.4 is 10.9 Å². The van der Waals surface area contributed by atoms with Crippen molar-refractivity contribution in [2.45, 2.75) is 12.8 Å². The highest BCUT2D eigenvalue weighted by molar-refractivity contribution is 5.76. The van der Waals surface area contributed by atoms with E-state index >= 15 is 0 Å². The fourth-order valence-electron chi connectivity index (χ4n) is 2.84. The van der Waals surface area contributed by atoms with Gasteiger partial charge in [0.2, 0.25) is 5.95 Å². The highest BCUT2D eigenvalue weighted by atomic mass is 16.1. The SMILES string of the molecule is C[C@H](CNc1nc2c(cnn2-c2ccccc2)c(=O)[nH]1)c1nncn1C. The van der Waals surface area contributed by atoms with Gasteiger partial charge in [0.05, 0.1) is 11.9 Å². The lowest BCUT2D eigenvalue weighted by atomic mass is 10.1. The summed E-state index contributed by atoms with van der Waals surface area (Å²) in [5.74, 6) is 1.35. The Morgan fingerprint density at radius 2 is 2.08 bits per heavy atom. The topological polar surface area (TPSA) is 106 Å². The third-order valence-electron chi connectivity index (χ3n) is 4.20. The van der Waals surface area contributed by atoms with Crippen molar-refractivity contribution in [2.24, 2.45) is 7.05 Å². The molecule has 0 saturated carbocycles. The molecule has 132 valence electrons. The third-order valence-corrected chi connectivity index (χ3v) is 4.20. The number of rotatable bonds is 5. The van der Waals surface area contributed by atoms with E-state index in [1.54, 1.807) is 11.0 Å². The molecular weight excluding hydrogens is 332 g/mol. The van der Waals surface area contributed by atoms with E-state index in [9.17, 15) is 4.79 Å². The summed E-state index contributed by atoms with van der Waals surface area (Å²) in [6, 6.07) is 9.59. The molecule has 0 bridgehead atoms. The minimum absolute atomic E-state index is 0.0996. The zero-order valence-corrected chi connectivity index (χ0v) is 14.4. The van der Waals surface area contributed by atoms with Gasteiger partial charge in [-0.05, 0) is 12.1 Å². The van der Waals surface area contributed by atoms with E-state index in [-0.39, 0.29) is 11.5 Å². The van der Waals surface area contributed by atoms with Crippen LogP contribution in [-0.2, 0) is 7.05 Å². The summed E-state index contributed by atoms with van der Waals surface area (Å²) < 4.78 is 3.53. The van der Waals surface area contributed by atoms with Crippen LogP contribution in [0, 0.1) is 0 Å². The van der Waals surface area contributed by atoms with Gasteiger partial charge < -0.3 is 9.88 Å². The molecule has 0 spiro atoms. The summed E-state index contributed by atoms with van der Waals surface area (Å²) in [6.07, 6.45) is 3.19. The summed E-state index contributed by atoms with van der Waals surface area (Å²) >= 11 is 0. The van der Waals surface area contributed by atoms with Crippen molar-refractivity contribution in [3.8, 4) is 5.69 Å². The van der Waals surface area contributed by atoms with Crippen LogP contribution in [0.3, 0.4) is 0 Å². The van der Waals surface area contributed by atoms with Gasteiger partial charge in [0.15, 0.2) is 5.65 Å². The monoisotopic (exact) mass is 350 g/mol. The van der Waals surface area contributed by atoms with Crippen molar-refractivity contribution >= 4 is 17.0 Å². The molecule has 4 aromatic rings. The second-order valence-electron chi connectivity index (χ2n) is 6.13. The molecule has 9 nitrogen and oxygen atoms in total. The average Bonchev–Trinajstić information content (AvgIpc) is 3.27. The van der Waals surface area contributed by atoms with Crippen molar-refractivity contribution in [2.75, 3.05) is 11.9 Å². The quantitative estimate of drug-likeness (QED) is 0.564. The molecule has 0 amide bonds. The number of aryl methyl sites for hydroxylation is 1. The standard InChI is InChI=1S/C17H18N8O/c1-11(14-23-19-10-24(14)2)8-18-17-21-15-13(16(26)22-17)9-20-25(15)12-6-4-3-5-7-12/h3-7,9-11H,8H2,1-2H3,(H2,18,21,22,26)/t11-/m1/s1. The number of H-pyrrole nitrogens is 1. The van der Waals surface area contributed by atoms with Gasteiger partial charge in [-0.15, -0.1) is 10.2 Å². The minimum atomic E-state index is -0.231. The number of anilines is 1. The highest BCUT2D eigenvalue weighted by Crippen LogP contribution is 2.16. The van der Waals surface area contributed by atoms with E-state index in [0.717, 1.165) is 11.5 Å². The van der Waals surface area contributed by atoms with E-state index in [0.29, 0.717) is 23.5 Å². The highest BCUT2D eigenvalue weighted by Gasteiger charge is 2.14. The molecule has 0 radical (unpaired) electrons.